The van der Waals surface area contributed by atoms with E-state index in [2.05, 4.69) is 0 Å². The van der Waals surface area contributed by atoms with Gasteiger partial charge in [0, 0.05) is 11.1 Å². The van der Waals surface area contributed by atoms with E-state index >= 15 is 0 Å². The van der Waals surface area contributed by atoms with E-state index in [4.69, 9.17) is 0 Å². The first kappa shape index (κ1) is 14.6. The number of carbonyl (C=O) groups excluding carboxylic acids is 1. The Balaban J connectivity index is 3.59. The van der Waals surface area contributed by atoms with E-state index in [0.29, 0.717) is 6.07 Å². The molecule has 0 saturated carbocycles. The normalized spacial score (nSPS) is 12.0. The second-order valence-electron chi connectivity index (χ2n) is 3.81. The van der Waals surface area contributed by atoms with Crippen LogP contribution in [0.15, 0.2) is 12.1 Å². The van der Waals surface area contributed by atoms with Crippen molar-refractivity contribution in [2.24, 2.45) is 0 Å². The van der Waals surface area contributed by atoms with Gasteiger partial charge >= 0.3 is 6.18 Å². The molecule has 0 saturated heterocycles. The van der Waals surface area contributed by atoms with Crippen molar-refractivity contribution < 1.29 is 26.7 Å². The van der Waals surface area contributed by atoms with Crippen molar-refractivity contribution in [2.45, 2.75) is 32.9 Å². The predicted molar refractivity (Wildman–Crippen MR) is 55.8 cm³/mol. The molecule has 0 heterocycles. The monoisotopic (exact) mass is 266 g/mol. The van der Waals surface area contributed by atoms with E-state index in [9.17, 15) is 26.7 Å². The third-order valence-corrected chi connectivity index (χ3v) is 2.55. The van der Waals surface area contributed by atoms with E-state index in [0.717, 1.165) is 13.0 Å². The van der Waals surface area contributed by atoms with Crippen LogP contribution < -0.4 is 0 Å². The quantitative estimate of drug-likeness (QED) is 0.585. The molecule has 18 heavy (non-hydrogen) atoms. The molecule has 0 spiro atoms. The van der Waals surface area contributed by atoms with Crippen LogP contribution in [0.2, 0.25) is 0 Å². The Labute approximate surface area is 101 Å². The van der Waals surface area contributed by atoms with E-state index in [-0.39, 0.29) is 17.5 Å². The van der Waals surface area contributed by atoms with Crippen molar-refractivity contribution in [3.05, 3.63) is 34.4 Å². The van der Waals surface area contributed by atoms with Crippen molar-refractivity contribution >= 4 is 5.78 Å². The molecular weight excluding hydrogens is 255 g/mol. The summed E-state index contributed by atoms with van der Waals surface area (Å²) in [5, 5.41) is 0. The molecule has 1 nitrogen and oxygen atoms in total. The second kappa shape index (κ2) is 5.04. The number of carbonyl (C=O) groups is 1. The number of rotatable bonds is 3. The molecule has 1 aromatic carbocycles. The standard InChI is InChI=1S/C12H11F5O/c1-3-7-4-8(12(15,16)17)5-9(11(13)14)10(7)6(2)18/h4-5,11H,3H2,1-2H3. The molecule has 0 N–H and O–H groups in total. The molecule has 0 atom stereocenters. The van der Waals surface area contributed by atoms with Gasteiger partial charge in [0.2, 0.25) is 0 Å². The van der Waals surface area contributed by atoms with E-state index in [1.807, 2.05) is 0 Å². The average Bonchev–Trinajstić information content (AvgIpc) is 2.25. The maximum absolute atomic E-state index is 12.8. The summed E-state index contributed by atoms with van der Waals surface area (Å²) in [6.07, 6.45) is -7.74. The lowest BCUT2D eigenvalue weighted by Crippen LogP contribution is -2.12. The summed E-state index contributed by atoms with van der Waals surface area (Å²) in [5.74, 6) is -0.657. The third-order valence-electron chi connectivity index (χ3n) is 2.55. The maximum atomic E-state index is 12.8. The molecule has 1 rings (SSSR count). The smallest absolute Gasteiger partial charge is 0.294 e. The molecule has 100 valence electrons. The molecule has 0 unspecified atom stereocenters. The molecule has 0 fully saturated rings. The second-order valence-corrected chi connectivity index (χ2v) is 3.81. The zero-order valence-electron chi connectivity index (χ0n) is 9.74. The van der Waals surface area contributed by atoms with Crippen molar-refractivity contribution in [3.8, 4) is 0 Å². The fourth-order valence-electron chi connectivity index (χ4n) is 1.77. The van der Waals surface area contributed by atoms with E-state index < -0.39 is 29.5 Å². The summed E-state index contributed by atoms with van der Waals surface area (Å²) in [6, 6.07) is 1.10. The SMILES string of the molecule is CCc1cc(C(F)(F)F)cc(C(F)F)c1C(C)=O. The van der Waals surface area contributed by atoms with Gasteiger partial charge in [0.05, 0.1) is 5.56 Å². The Hall–Kier alpha value is -1.46. The van der Waals surface area contributed by atoms with Gasteiger partial charge < -0.3 is 0 Å². The Morgan fingerprint density at radius 3 is 2.17 bits per heavy atom. The van der Waals surface area contributed by atoms with Gasteiger partial charge in [-0.05, 0) is 31.0 Å². The minimum Gasteiger partial charge on any atom is -0.294 e. The number of ketones is 1. The summed E-state index contributed by atoms with van der Waals surface area (Å²) in [6.45, 7) is 2.57. The summed E-state index contributed by atoms with van der Waals surface area (Å²) >= 11 is 0. The molecule has 0 amide bonds. The molecule has 0 aromatic heterocycles. The lowest BCUT2D eigenvalue weighted by molar-refractivity contribution is -0.137. The Bertz CT molecular complexity index is 462. The summed E-state index contributed by atoms with van der Waals surface area (Å²) in [7, 11) is 0. The van der Waals surface area contributed by atoms with Gasteiger partial charge in [-0.3, -0.25) is 4.79 Å². The number of alkyl halides is 5. The van der Waals surface area contributed by atoms with Gasteiger partial charge in [0.15, 0.2) is 5.78 Å². The number of benzene rings is 1. The minimum absolute atomic E-state index is 0.00683. The van der Waals surface area contributed by atoms with Crippen molar-refractivity contribution in [3.63, 3.8) is 0 Å². The molecule has 0 aliphatic rings. The molecule has 6 heteroatoms. The van der Waals surface area contributed by atoms with Gasteiger partial charge in [-0.2, -0.15) is 13.2 Å². The molecule has 0 radical (unpaired) electrons. The molecule has 0 aliphatic heterocycles. The van der Waals surface area contributed by atoms with Crippen LogP contribution in [0.25, 0.3) is 0 Å². The first-order valence-corrected chi connectivity index (χ1v) is 5.21. The minimum atomic E-state index is -4.71. The Morgan fingerprint density at radius 1 is 1.28 bits per heavy atom. The fraction of sp³-hybridized carbons (Fsp3) is 0.417. The number of aryl methyl sites for hydroxylation is 1. The fourth-order valence-corrected chi connectivity index (χ4v) is 1.77. The highest BCUT2D eigenvalue weighted by molar-refractivity contribution is 5.97. The van der Waals surface area contributed by atoms with Crippen LogP contribution in [0.3, 0.4) is 0 Å². The van der Waals surface area contributed by atoms with Crippen LogP contribution in [0.4, 0.5) is 22.0 Å². The van der Waals surface area contributed by atoms with Crippen LogP contribution in [-0.4, -0.2) is 5.78 Å². The summed E-state index contributed by atoms with van der Waals surface area (Å²) in [4.78, 5) is 11.3. The molecule has 1 aromatic rings. The summed E-state index contributed by atoms with van der Waals surface area (Å²) < 4.78 is 63.2. The number of hydrogen-bond acceptors (Lipinski definition) is 1. The van der Waals surface area contributed by atoms with Crippen LogP contribution >= 0.6 is 0 Å². The average molecular weight is 266 g/mol. The van der Waals surface area contributed by atoms with Crippen LogP contribution in [0, 0.1) is 0 Å². The zero-order valence-corrected chi connectivity index (χ0v) is 9.74. The lowest BCUT2D eigenvalue weighted by atomic mass is 9.93. The van der Waals surface area contributed by atoms with E-state index in [1.165, 1.54) is 6.92 Å². The number of hydrogen-bond donors (Lipinski definition) is 0. The van der Waals surface area contributed by atoms with Crippen LogP contribution in [-0.2, 0) is 12.6 Å². The number of halogens is 5. The highest BCUT2D eigenvalue weighted by atomic mass is 19.4. The largest absolute Gasteiger partial charge is 0.416 e. The van der Waals surface area contributed by atoms with Crippen LogP contribution in [0.5, 0.6) is 0 Å². The molecule has 0 bridgehead atoms. The Morgan fingerprint density at radius 2 is 1.83 bits per heavy atom. The van der Waals surface area contributed by atoms with Gasteiger partial charge in [-0.1, -0.05) is 6.92 Å². The topological polar surface area (TPSA) is 17.1 Å². The third kappa shape index (κ3) is 2.86. The highest BCUT2D eigenvalue weighted by Gasteiger charge is 2.33. The van der Waals surface area contributed by atoms with Crippen molar-refractivity contribution in [2.75, 3.05) is 0 Å². The molecular formula is C12H11F5O. The van der Waals surface area contributed by atoms with Gasteiger partial charge in [0.1, 0.15) is 0 Å². The lowest BCUT2D eigenvalue weighted by Gasteiger charge is -2.15. The molecule has 0 aliphatic carbocycles. The van der Waals surface area contributed by atoms with Gasteiger partial charge in [0.25, 0.3) is 6.43 Å². The first-order chi connectivity index (χ1) is 8.18. The van der Waals surface area contributed by atoms with Crippen LogP contribution in [0.1, 0.15) is 47.3 Å². The van der Waals surface area contributed by atoms with Crippen molar-refractivity contribution in [1.82, 2.24) is 0 Å². The van der Waals surface area contributed by atoms with Crippen molar-refractivity contribution in [1.29, 1.82) is 0 Å². The predicted octanol–water partition coefficient (Wildman–Crippen LogP) is 4.41. The first-order valence-electron chi connectivity index (χ1n) is 5.21. The number of Topliss-reactive ketones (excluding diaryl/α,β-unsaturated/α-hetero) is 1. The highest BCUT2D eigenvalue weighted by Crippen LogP contribution is 2.35. The van der Waals surface area contributed by atoms with Gasteiger partial charge in [-0.25, -0.2) is 8.78 Å². The maximum Gasteiger partial charge on any atom is 0.416 e. The van der Waals surface area contributed by atoms with E-state index in [1.54, 1.807) is 0 Å². The van der Waals surface area contributed by atoms with Gasteiger partial charge in [-0.15, -0.1) is 0 Å². The summed E-state index contributed by atoms with van der Waals surface area (Å²) in [5.41, 5.74) is -2.32. The zero-order chi connectivity index (χ0) is 14.1. The Kier molecular flexibility index (Phi) is 4.09.